The predicted molar refractivity (Wildman–Crippen MR) is 76.8 cm³/mol. The van der Waals surface area contributed by atoms with Crippen molar-refractivity contribution in [2.24, 2.45) is 0 Å². The molecule has 18 heavy (non-hydrogen) atoms. The number of anilines is 1. The van der Waals surface area contributed by atoms with Crippen LogP contribution in [0.15, 0.2) is 36.4 Å². The number of carbonyl (C=O) groups excluding carboxylic acids is 1. The van der Waals surface area contributed by atoms with Crippen molar-refractivity contribution in [3.05, 3.63) is 41.3 Å². The molecule has 0 radical (unpaired) electrons. The van der Waals surface area contributed by atoms with Crippen molar-refractivity contribution in [2.75, 3.05) is 5.73 Å². The Kier molecular flexibility index (Phi) is 3.67. The van der Waals surface area contributed by atoms with Crippen LogP contribution in [0.5, 0.6) is 0 Å². The minimum Gasteiger partial charge on any atom is -0.399 e. The Hall–Kier alpha value is -1.81. The maximum atomic E-state index is 11.8. The van der Waals surface area contributed by atoms with Crippen LogP contribution in [0.2, 0.25) is 0 Å². The van der Waals surface area contributed by atoms with Gasteiger partial charge in [0.05, 0.1) is 4.88 Å². The number of nitrogen functional groups attached to an aromatic ring is 1. The minimum absolute atomic E-state index is 0.0230. The van der Waals surface area contributed by atoms with Crippen LogP contribution in [0.4, 0.5) is 5.69 Å². The minimum atomic E-state index is -0.0230. The first-order valence-electron chi connectivity index (χ1n) is 5.83. The van der Waals surface area contributed by atoms with Gasteiger partial charge in [-0.1, -0.05) is 12.1 Å². The van der Waals surface area contributed by atoms with Gasteiger partial charge in [-0.25, -0.2) is 0 Å². The number of nitrogens with one attached hydrogen (secondary N) is 1. The van der Waals surface area contributed by atoms with Crippen LogP contribution in [-0.4, -0.2) is 11.9 Å². The van der Waals surface area contributed by atoms with Gasteiger partial charge in [-0.2, -0.15) is 0 Å². The summed E-state index contributed by atoms with van der Waals surface area (Å²) in [5.74, 6) is -0.0230. The van der Waals surface area contributed by atoms with Crippen molar-refractivity contribution in [3.8, 4) is 10.4 Å². The number of hydrogen-bond acceptors (Lipinski definition) is 3. The van der Waals surface area contributed by atoms with Gasteiger partial charge in [0.1, 0.15) is 0 Å². The third-order valence-electron chi connectivity index (χ3n) is 2.42. The second-order valence-corrected chi connectivity index (χ2v) is 5.50. The summed E-state index contributed by atoms with van der Waals surface area (Å²) in [6.07, 6.45) is 0. The molecule has 4 heteroatoms. The SMILES string of the molecule is CC(C)NC(=O)c1ccc(-c2cccc(N)c2)s1. The largest absolute Gasteiger partial charge is 0.399 e. The second-order valence-electron chi connectivity index (χ2n) is 4.42. The van der Waals surface area contributed by atoms with Gasteiger partial charge in [0.2, 0.25) is 0 Å². The van der Waals surface area contributed by atoms with Gasteiger partial charge >= 0.3 is 0 Å². The lowest BCUT2D eigenvalue weighted by Crippen LogP contribution is -2.29. The van der Waals surface area contributed by atoms with E-state index in [2.05, 4.69) is 5.32 Å². The fraction of sp³-hybridized carbons (Fsp3) is 0.214. The average molecular weight is 260 g/mol. The summed E-state index contributed by atoms with van der Waals surface area (Å²) in [7, 11) is 0. The van der Waals surface area contributed by atoms with E-state index >= 15 is 0 Å². The normalized spacial score (nSPS) is 10.6. The topological polar surface area (TPSA) is 55.1 Å². The lowest BCUT2D eigenvalue weighted by molar-refractivity contribution is 0.0947. The maximum Gasteiger partial charge on any atom is 0.261 e. The molecular formula is C14H16N2OS. The highest BCUT2D eigenvalue weighted by molar-refractivity contribution is 7.17. The Morgan fingerprint density at radius 1 is 1.28 bits per heavy atom. The summed E-state index contributed by atoms with van der Waals surface area (Å²) in [6.45, 7) is 3.90. The predicted octanol–water partition coefficient (Wildman–Crippen LogP) is 3.14. The van der Waals surface area contributed by atoms with Gasteiger partial charge in [-0.15, -0.1) is 11.3 Å². The van der Waals surface area contributed by atoms with E-state index in [0.29, 0.717) is 0 Å². The summed E-state index contributed by atoms with van der Waals surface area (Å²) >= 11 is 1.48. The highest BCUT2D eigenvalue weighted by atomic mass is 32.1. The zero-order chi connectivity index (χ0) is 13.1. The van der Waals surface area contributed by atoms with Crippen molar-refractivity contribution < 1.29 is 4.79 Å². The number of carbonyl (C=O) groups is 1. The van der Waals surface area contributed by atoms with Crippen LogP contribution in [0, 0.1) is 0 Å². The fourth-order valence-electron chi connectivity index (χ4n) is 1.64. The number of amides is 1. The number of thiophene rings is 1. The molecule has 1 amide bonds. The lowest BCUT2D eigenvalue weighted by Gasteiger charge is -2.05. The summed E-state index contributed by atoms with van der Waals surface area (Å²) in [5, 5.41) is 2.88. The lowest BCUT2D eigenvalue weighted by atomic mass is 10.2. The molecule has 0 saturated heterocycles. The molecule has 0 aliphatic carbocycles. The molecule has 3 N–H and O–H groups in total. The van der Waals surface area contributed by atoms with Gasteiger partial charge < -0.3 is 11.1 Å². The maximum absolute atomic E-state index is 11.8. The Morgan fingerprint density at radius 3 is 2.72 bits per heavy atom. The molecule has 1 aromatic carbocycles. The van der Waals surface area contributed by atoms with Crippen molar-refractivity contribution in [1.82, 2.24) is 5.32 Å². The highest BCUT2D eigenvalue weighted by Crippen LogP contribution is 2.29. The van der Waals surface area contributed by atoms with Gasteiger partial charge in [0, 0.05) is 16.6 Å². The van der Waals surface area contributed by atoms with Crippen molar-refractivity contribution in [2.45, 2.75) is 19.9 Å². The van der Waals surface area contributed by atoms with E-state index in [0.717, 1.165) is 21.0 Å². The Labute approximate surface area is 111 Å². The first kappa shape index (κ1) is 12.6. The van der Waals surface area contributed by atoms with Crippen molar-refractivity contribution in [1.29, 1.82) is 0 Å². The van der Waals surface area contributed by atoms with Gasteiger partial charge in [0.15, 0.2) is 0 Å². The van der Waals surface area contributed by atoms with Crippen LogP contribution < -0.4 is 11.1 Å². The number of benzene rings is 1. The summed E-state index contributed by atoms with van der Waals surface area (Å²) < 4.78 is 0. The van der Waals surface area contributed by atoms with E-state index < -0.39 is 0 Å². The van der Waals surface area contributed by atoms with E-state index in [1.165, 1.54) is 11.3 Å². The molecular weight excluding hydrogens is 244 g/mol. The van der Waals surface area contributed by atoms with Crippen LogP contribution in [-0.2, 0) is 0 Å². The van der Waals surface area contributed by atoms with E-state index in [1.54, 1.807) is 0 Å². The quantitative estimate of drug-likeness (QED) is 0.833. The molecule has 0 saturated carbocycles. The smallest absolute Gasteiger partial charge is 0.261 e. The molecule has 0 unspecified atom stereocenters. The summed E-state index contributed by atoms with van der Waals surface area (Å²) in [5.41, 5.74) is 7.53. The molecule has 0 bridgehead atoms. The van der Waals surface area contributed by atoms with Gasteiger partial charge in [0.25, 0.3) is 5.91 Å². The van der Waals surface area contributed by atoms with E-state index in [1.807, 2.05) is 50.2 Å². The molecule has 2 rings (SSSR count). The number of hydrogen-bond donors (Lipinski definition) is 2. The molecule has 0 aliphatic heterocycles. The monoisotopic (exact) mass is 260 g/mol. The Bertz CT molecular complexity index is 560. The third kappa shape index (κ3) is 2.90. The summed E-state index contributed by atoms with van der Waals surface area (Å²) in [6, 6.07) is 11.6. The number of nitrogens with two attached hydrogens (primary N) is 1. The third-order valence-corrected chi connectivity index (χ3v) is 3.55. The van der Waals surface area contributed by atoms with E-state index in [-0.39, 0.29) is 11.9 Å². The van der Waals surface area contributed by atoms with Gasteiger partial charge in [-0.3, -0.25) is 4.79 Å². The Balaban J connectivity index is 2.23. The highest BCUT2D eigenvalue weighted by Gasteiger charge is 2.10. The standard InChI is InChI=1S/C14H16N2OS/c1-9(2)16-14(17)13-7-6-12(18-13)10-4-3-5-11(15)8-10/h3-9H,15H2,1-2H3,(H,16,17). The first-order chi connectivity index (χ1) is 8.56. The molecule has 1 heterocycles. The van der Waals surface area contributed by atoms with Crippen LogP contribution >= 0.6 is 11.3 Å². The van der Waals surface area contributed by atoms with Gasteiger partial charge in [-0.05, 0) is 43.7 Å². The number of rotatable bonds is 3. The molecule has 0 spiro atoms. The molecule has 0 aliphatic rings. The molecule has 94 valence electrons. The van der Waals surface area contributed by atoms with Crippen LogP contribution in [0.1, 0.15) is 23.5 Å². The van der Waals surface area contributed by atoms with Crippen molar-refractivity contribution in [3.63, 3.8) is 0 Å². The van der Waals surface area contributed by atoms with Crippen LogP contribution in [0.25, 0.3) is 10.4 Å². The molecule has 0 atom stereocenters. The summed E-state index contributed by atoms with van der Waals surface area (Å²) in [4.78, 5) is 13.6. The second kappa shape index (κ2) is 5.23. The molecule has 2 aromatic rings. The zero-order valence-electron chi connectivity index (χ0n) is 10.4. The fourth-order valence-corrected chi connectivity index (χ4v) is 2.55. The van der Waals surface area contributed by atoms with Crippen molar-refractivity contribution >= 4 is 22.9 Å². The zero-order valence-corrected chi connectivity index (χ0v) is 11.3. The Morgan fingerprint density at radius 2 is 2.06 bits per heavy atom. The average Bonchev–Trinajstić information content (AvgIpc) is 2.77. The van der Waals surface area contributed by atoms with Crippen LogP contribution in [0.3, 0.4) is 0 Å². The first-order valence-corrected chi connectivity index (χ1v) is 6.64. The van der Waals surface area contributed by atoms with E-state index in [9.17, 15) is 4.79 Å². The molecule has 0 fully saturated rings. The molecule has 1 aromatic heterocycles. The molecule has 3 nitrogen and oxygen atoms in total. The van der Waals surface area contributed by atoms with E-state index in [4.69, 9.17) is 5.73 Å².